The van der Waals surface area contributed by atoms with Crippen molar-refractivity contribution in [1.29, 1.82) is 0 Å². The van der Waals surface area contributed by atoms with E-state index in [4.69, 9.17) is 0 Å². The van der Waals surface area contributed by atoms with Crippen molar-refractivity contribution in [3.63, 3.8) is 0 Å². The molecule has 142 valence electrons. The Hall–Kier alpha value is -2.90. The van der Waals surface area contributed by atoms with Gasteiger partial charge in [-0.1, -0.05) is 12.1 Å². The zero-order chi connectivity index (χ0) is 19.6. The number of carbonyl (C=O) groups excluding carboxylic acids is 2. The molecule has 0 radical (unpaired) electrons. The zero-order valence-corrected chi connectivity index (χ0v) is 14.5. The molecule has 8 heteroatoms. The summed E-state index contributed by atoms with van der Waals surface area (Å²) in [4.78, 5) is 28.2. The van der Waals surface area contributed by atoms with Crippen molar-refractivity contribution in [3.8, 4) is 0 Å². The summed E-state index contributed by atoms with van der Waals surface area (Å²) in [6.07, 6.45) is -1.35. The topological polar surface area (TPSA) is 71.1 Å². The van der Waals surface area contributed by atoms with Crippen LogP contribution in [0.1, 0.15) is 47.3 Å². The molecule has 0 saturated heterocycles. The lowest BCUT2D eigenvalue weighted by Gasteiger charge is -2.16. The van der Waals surface area contributed by atoms with Crippen molar-refractivity contribution in [3.05, 3.63) is 59.3 Å². The van der Waals surface area contributed by atoms with E-state index < -0.39 is 23.7 Å². The van der Waals surface area contributed by atoms with Gasteiger partial charge in [0, 0.05) is 17.7 Å². The molecule has 1 saturated carbocycles. The van der Waals surface area contributed by atoms with Gasteiger partial charge in [0.25, 0.3) is 5.91 Å². The Morgan fingerprint density at radius 1 is 1.19 bits per heavy atom. The molecule has 1 aliphatic rings. The van der Waals surface area contributed by atoms with Crippen LogP contribution in [0.3, 0.4) is 0 Å². The molecule has 0 spiro atoms. The number of amides is 2. The number of alkyl halides is 3. The normalized spacial score (nSPS) is 15.1. The minimum atomic E-state index is -4.44. The fourth-order valence-corrected chi connectivity index (χ4v) is 2.56. The lowest BCUT2D eigenvalue weighted by molar-refractivity contribution is -0.137. The van der Waals surface area contributed by atoms with E-state index in [1.54, 1.807) is 6.92 Å². The van der Waals surface area contributed by atoms with Crippen LogP contribution < -0.4 is 10.6 Å². The van der Waals surface area contributed by atoms with Crippen LogP contribution in [0.15, 0.2) is 42.6 Å². The Labute approximate surface area is 154 Å². The lowest BCUT2D eigenvalue weighted by Crippen LogP contribution is -2.27. The van der Waals surface area contributed by atoms with Gasteiger partial charge in [-0.2, -0.15) is 13.2 Å². The van der Waals surface area contributed by atoms with E-state index >= 15 is 0 Å². The minimum Gasteiger partial charge on any atom is -0.346 e. The van der Waals surface area contributed by atoms with E-state index in [0.717, 1.165) is 25.0 Å². The number of hydrogen-bond acceptors (Lipinski definition) is 3. The number of halogens is 3. The number of rotatable bonds is 5. The molecule has 0 unspecified atom stereocenters. The summed E-state index contributed by atoms with van der Waals surface area (Å²) < 4.78 is 38.5. The third kappa shape index (κ3) is 4.84. The largest absolute Gasteiger partial charge is 0.416 e. The standard InChI is InChI=1S/C19H18F3N3O2/c1-11(13-3-2-4-15(9-13)19(20,21)22)24-18(27)14-7-8-23-16(10-14)25-17(26)12-5-6-12/h2-4,7-12H,5-6H2,1H3,(H,24,27)(H,23,25,26)/t11-/m1/s1. The number of carbonyl (C=O) groups is 2. The maximum absolute atomic E-state index is 12.8. The van der Waals surface area contributed by atoms with Gasteiger partial charge in [-0.15, -0.1) is 0 Å². The molecular formula is C19H18F3N3O2. The first kappa shape index (κ1) is 18.9. The van der Waals surface area contributed by atoms with E-state index in [1.165, 1.54) is 30.5 Å². The Morgan fingerprint density at radius 3 is 2.59 bits per heavy atom. The number of aromatic nitrogens is 1. The quantitative estimate of drug-likeness (QED) is 0.829. The summed E-state index contributed by atoms with van der Waals surface area (Å²) in [5, 5.41) is 5.31. The van der Waals surface area contributed by atoms with Crippen LogP contribution in [0.25, 0.3) is 0 Å². The molecule has 1 aromatic carbocycles. The van der Waals surface area contributed by atoms with Crippen LogP contribution in [0.5, 0.6) is 0 Å². The van der Waals surface area contributed by atoms with Crippen LogP contribution in [0.4, 0.5) is 19.0 Å². The van der Waals surface area contributed by atoms with Gasteiger partial charge >= 0.3 is 6.18 Å². The predicted octanol–water partition coefficient (Wildman–Crippen LogP) is 3.94. The number of hydrogen-bond donors (Lipinski definition) is 2. The molecule has 1 heterocycles. The van der Waals surface area contributed by atoms with E-state index in [-0.39, 0.29) is 23.2 Å². The van der Waals surface area contributed by atoms with Gasteiger partial charge < -0.3 is 10.6 Å². The Kier molecular flexibility index (Phi) is 5.16. The van der Waals surface area contributed by atoms with Gasteiger partial charge in [0.1, 0.15) is 5.82 Å². The van der Waals surface area contributed by atoms with Crippen LogP contribution in [-0.4, -0.2) is 16.8 Å². The number of nitrogens with zero attached hydrogens (tertiary/aromatic N) is 1. The fourth-order valence-electron chi connectivity index (χ4n) is 2.56. The number of benzene rings is 1. The van der Waals surface area contributed by atoms with Crippen LogP contribution in [0.2, 0.25) is 0 Å². The molecule has 2 aromatic rings. The summed E-state index contributed by atoms with van der Waals surface area (Å²) >= 11 is 0. The molecule has 1 aromatic heterocycles. The molecule has 0 aliphatic heterocycles. The number of anilines is 1. The molecule has 2 amide bonds. The van der Waals surface area contributed by atoms with Gasteiger partial charge in [-0.05, 0) is 49.6 Å². The van der Waals surface area contributed by atoms with Gasteiger partial charge in [0.05, 0.1) is 11.6 Å². The lowest BCUT2D eigenvalue weighted by atomic mass is 10.0. The summed E-state index contributed by atoms with van der Waals surface area (Å²) in [5.74, 6) is -0.321. The predicted molar refractivity (Wildman–Crippen MR) is 92.9 cm³/mol. The van der Waals surface area contributed by atoms with Crippen LogP contribution in [0, 0.1) is 5.92 Å². The molecule has 3 rings (SSSR count). The van der Waals surface area contributed by atoms with E-state index in [0.29, 0.717) is 5.56 Å². The first-order valence-electron chi connectivity index (χ1n) is 8.49. The van der Waals surface area contributed by atoms with Crippen molar-refractivity contribution in [2.75, 3.05) is 5.32 Å². The highest BCUT2D eigenvalue weighted by atomic mass is 19.4. The van der Waals surface area contributed by atoms with Crippen molar-refractivity contribution in [2.24, 2.45) is 5.92 Å². The maximum Gasteiger partial charge on any atom is 0.416 e. The Morgan fingerprint density at radius 2 is 1.93 bits per heavy atom. The number of pyridine rings is 1. The smallest absolute Gasteiger partial charge is 0.346 e. The van der Waals surface area contributed by atoms with Gasteiger partial charge in [-0.25, -0.2) is 4.98 Å². The minimum absolute atomic E-state index is 0.00483. The summed E-state index contributed by atoms with van der Waals surface area (Å²) in [6, 6.07) is 7.11. The highest BCUT2D eigenvalue weighted by molar-refractivity contribution is 5.97. The second-order valence-electron chi connectivity index (χ2n) is 6.51. The SMILES string of the molecule is C[C@@H](NC(=O)c1ccnc(NC(=O)C2CC2)c1)c1cccc(C(F)(F)F)c1. The van der Waals surface area contributed by atoms with Crippen molar-refractivity contribution >= 4 is 17.6 Å². The zero-order valence-electron chi connectivity index (χ0n) is 14.5. The van der Waals surface area contributed by atoms with Gasteiger partial charge in [0.15, 0.2) is 0 Å². The fraction of sp³-hybridized carbons (Fsp3) is 0.316. The molecule has 2 N–H and O–H groups in total. The second kappa shape index (κ2) is 7.38. The summed E-state index contributed by atoms with van der Waals surface area (Å²) in [6.45, 7) is 1.60. The molecular weight excluding hydrogens is 359 g/mol. The van der Waals surface area contributed by atoms with E-state index in [1.807, 2.05) is 0 Å². The number of nitrogens with one attached hydrogen (secondary N) is 2. The monoisotopic (exact) mass is 377 g/mol. The molecule has 1 aliphatic carbocycles. The second-order valence-corrected chi connectivity index (χ2v) is 6.51. The third-order valence-corrected chi connectivity index (χ3v) is 4.28. The van der Waals surface area contributed by atoms with Crippen molar-refractivity contribution in [1.82, 2.24) is 10.3 Å². The third-order valence-electron chi connectivity index (χ3n) is 4.28. The van der Waals surface area contributed by atoms with Crippen LogP contribution >= 0.6 is 0 Å². The molecule has 1 fully saturated rings. The van der Waals surface area contributed by atoms with Crippen LogP contribution in [-0.2, 0) is 11.0 Å². The summed E-state index contributed by atoms with van der Waals surface area (Å²) in [7, 11) is 0. The van der Waals surface area contributed by atoms with Crippen molar-refractivity contribution in [2.45, 2.75) is 32.0 Å². The maximum atomic E-state index is 12.8. The molecule has 5 nitrogen and oxygen atoms in total. The highest BCUT2D eigenvalue weighted by Gasteiger charge is 2.31. The van der Waals surface area contributed by atoms with E-state index in [9.17, 15) is 22.8 Å². The van der Waals surface area contributed by atoms with E-state index in [2.05, 4.69) is 15.6 Å². The molecule has 0 bridgehead atoms. The van der Waals surface area contributed by atoms with Gasteiger partial charge in [-0.3, -0.25) is 9.59 Å². The molecule has 27 heavy (non-hydrogen) atoms. The highest BCUT2D eigenvalue weighted by Crippen LogP contribution is 2.31. The first-order chi connectivity index (χ1) is 12.7. The summed E-state index contributed by atoms with van der Waals surface area (Å²) in [5.41, 5.74) is -0.167. The van der Waals surface area contributed by atoms with Gasteiger partial charge in [0.2, 0.25) is 5.91 Å². The average Bonchev–Trinajstić information content (AvgIpc) is 3.46. The average molecular weight is 377 g/mol. The van der Waals surface area contributed by atoms with Crippen molar-refractivity contribution < 1.29 is 22.8 Å². The first-order valence-corrected chi connectivity index (χ1v) is 8.49. The Bertz CT molecular complexity index is 863. The Balaban J connectivity index is 1.68. The molecule has 1 atom stereocenters.